The van der Waals surface area contributed by atoms with Gasteiger partial charge in [-0.15, -0.1) is 0 Å². The van der Waals surface area contributed by atoms with Crippen LogP contribution in [-0.2, 0) is 23.9 Å². The van der Waals surface area contributed by atoms with E-state index >= 15 is 0 Å². The molecule has 1 aromatic rings. The second kappa shape index (κ2) is 9.03. The summed E-state index contributed by atoms with van der Waals surface area (Å²) in [5, 5.41) is 13.1. The van der Waals surface area contributed by atoms with Crippen molar-refractivity contribution >= 4 is 29.2 Å². The molecule has 24 heavy (non-hydrogen) atoms. The number of carbonyl (C=O) groups excluding carboxylic acids is 3. The Bertz CT molecular complexity index is 670. The van der Waals surface area contributed by atoms with Crippen LogP contribution in [0.5, 0.6) is 0 Å². The van der Waals surface area contributed by atoms with E-state index in [9.17, 15) is 24.5 Å². The van der Waals surface area contributed by atoms with E-state index in [4.69, 9.17) is 4.74 Å². The number of hydrogen-bond acceptors (Lipinski definition) is 7. The number of nitro benzene ring substituents is 1. The van der Waals surface area contributed by atoms with Crippen molar-refractivity contribution in [3.63, 3.8) is 0 Å². The SMILES string of the molecule is CCOC(=O)/C=C/C(=O)OC(C)C(=O)Nc1cccc([N+](=O)[O-])c1. The van der Waals surface area contributed by atoms with Gasteiger partial charge in [0.2, 0.25) is 0 Å². The van der Waals surface area contributed by atoms with Crippen LogP contribution >= 0.6 is 0 Å². The van der Waals surface area contributed by atoms with Gasteiger partial charge in [0, 0.05) is 30.0 Å². The average Bonchev–Trinajstić information content (AvgIpc) is 2.53. The number of non-ortho nitro benzene ring substituents is 1. The lowest BCUT2D eigenvalue weighted by Crippen LogP contribution is -2.29. The van der Waals surface area contributed by atoms with Crippen LogP contribution in [0.25, 0.3) is 0 Å². The Morgan fingerprint density at radius 2 is 1.96 bits per heavy atom. The van der Waals surface area contributed by atoms with E-state index in [1.807, 2.05) is 0 Å². The maximum absolute atomic E-state index is 11.9. The predicted molar refractivity (Wildman–Crippen MR) is 83.1 cm³/mol. The molecular weight excluding hydrogens is 320 g/mol. The van der Waals surface area contributed by atoms with Crippen molar-refractivity contribution in [3.8, 4) is 0 Å². The maximum atomic E-state index is 11.9. The lowest BCUT2D eigenvalue weighted by molar-refractivity contribution is -0.384. The lowest BCUT2D eigenvalue weighted by atomic mass is 10.2. The standard InChI is InChI=1S/C15H16N2O7/c1-3-23-13(18)7-8-14(19)24-10(2)15(20)16-11-5-4-6-12(9-11)17(21)22/h4-10H,3H2,1-2H3,(H,16,20)/b8-7+. The monoisotopic (exact) mass is 336 g/mol. The van der Waals surface area contributed by atoms with Crippen molar-refractivity contribution in [2.24, 2.45) is 0 Å². The maximum Gasteiger partial charge on any atom is 0.331 e. The second-order valence-corrected chi connectivity index (χ2v) is 4.46. The van der Waals surface area contributed by atoms with E-state index in [0.29, 0.717) is 0 Å². The third kappa shape index (κ3) is 6.26. The third-order valence-electron chi connectivity index (χ3n) is 2.63. The van der Waals surface area contributed by atoms with Gasteiger partial charge in [-0.3, -0.25) is 14.9 Å². The zero-order valence-corrected chi connectivity index (χ0v) is 13.1. The molecule has 0 bridgehead atoms. The molecular formula is C15H16N2O7. The van der Waals surface area contributed by atoms with E-state index in [2.05, 4.69) is 10.1 Å². The van der Waals surface area contributed by atoms with Crippen LogP contribution in [-0.4, -0.2) is 35.5 Å². The minimum atomic E-state index is -1.16. The average molecular weight is 336 g/mol. The Morgan fingerprint density at radius 3 is 2.58 bits per heavy atom. The molecule has 9 heteroatoms. The smallest absolute Gasteiger partial charge is 0.331 e. The highest BCUT2D eigenvalue weighted by Crippen LogP contribution is 2.17. The molecule has 1 rings (SSSR count). The Kier molecular flexibility index (Phi) is 7.08. The molecule has 0 spiro atoms. The molecule has 0 aliphatic carbocycles. The number of amides is 1. The van der Waals surface area contributed by atoms with E-state index in [0.717, 1.165) is 12.2 Å². The molecule has 0 saturated heterocycles. The van der Waals surface area contributed by atoms with Gasteiger partial charge in [0.25, 0.3) is 11.6 Å². The summed E-state index contributed by atoms with van der Waals surface area (Å²) in [6.45, 7) is 3.10. The van der Waals surface area contributed by atoms with Crippen molar-refractivity contribution in [2.75, 3.05) is 11.9 Å². The Hall–Kier alpha value is -3.23. The molecule has 1 aromatic carbocycles. The number of hydrogen-bond donors (Lipinski definition) is 1. The van der Waals surface area contributed by atoms with Crippen LogP contribution in [0.4, 0.5) is 11.4 Å². The number of ether oxygens (including phenoxy) is 2. The largest absolute Gasteiger partial charge is 0.463 e. The molecule has 0 aliphatic heterocycles. The van der Waals surface area contributed by atoms with Gasteiger partial charge in [-0.25, -0.2) is 9.59 Å². The molecule has 0 heterocycles. The summed E-state index contributed by atoms with van der Waals surface area (Å²) >= 11 is 0. The number of nitrogens with zero attached hydrogens (tertiary/aromatic N) is 1. The second-order valence-electron chi connectivity index (χ2n) is 4.46. The lowest BCUT2D eigenvalue weighted by Gasteiger charge is -2.12. The topological polar surface area (TPSA) is 125 Å². The minimum absolute atomic E-state index is 0.167. The molecule has 0 saturated carbocycles. The fraction of sp³-hybridized carbons (Fsp3) is 0.267. The first kappa shape index (κ1) is 18.8. The first-order chi connectivity index (χ1) is 11.3. The van der Waals surface area contributed by atoms with Gasteiger partial charge in [0.15, 0.2) is 6.10 Å². The molecule has 1 unspecified atom stereocenters. The van der Waals surface area contributed by atoms with Gasteiger partial charge in [-0.2, -0.15) is 0 Å². The number of anilines is 1. The predicted octanol–water partition coefficient (Wildman–Crippen LogP) is 1.58. The third-order valence-corrected chi connectivity index (χ3v) is 2.63. The first-order valence-electron chi connectivity index (χ1n) is 6.94. The number of nitro groups is 1. The van der Waals surface area contributed by atoms with Gasteiger partial charge in [-0.05, 0) is 19.9 Å². The van der Waals surface area contributed by atoms with E-state index < -0.39 is 28.9 Å². The summed E-state index contributed by atoms with van der Waals surface area (Å²) in [6.07, 6.45) is 0.565. The summed E-state index contributed by atoms with van der Waals surface area (Å²) in [6, 6.07) is 5.32. The summed E-state index contributed by atoms with van der Waals surface area (Å²) in [5.74, 6) is -2.28. The Morgan fingerprint density at radius 1 is 1.29 bits per heavy atom. The van der Waals surface area contributed by atoms with Crippen molar-refractivity contribution in [2.45, 2.75) is 20.0 Å². The molecule has 9 nitrogen and oxygen atoms in total. The summed E-state index contributed by atoms with van der Waals surface area (Å²) in [4.78, 5) is 44.5. The number of carbonyl (C=O) groups is 3. The van der Waals surface area contributed by atoms with Gasteiger partial charge in [-0.1, -0.05) is 6.07 Å². The molecule has 1 N–H and O–H groups in total. The highest BCUT2D eigenvalue weighted by Gasteiger charge is 2.17. The molecule has 1 atom stereocenters. The minimum Gasteiger partial charge on any atom is -0.463 e. The molecule has 0 aliphatic rings. The van der Waals surface area contributed by atoms with Crippen LogP contribution in [0.3, 0.4) is 0 Å². The van der Waals surface area contributed by atoms with E-state index in [1.54, 1.807) is 6.92 Å². The van der Waals surface area contributed by atoms with Gasteiger partial charge in [0.1, 0.15) is 0 Å². The fourth-order valence-electron chi connectivity index (χ4n) is 1.53. The van der Waals surface area contributed by atoms with Gasteiger partial charge < -0.3 is 14.8 Å². The van der Waals surface area contributed by atoms with Crippen molar-refractivity contribution in [1.82, 2.24) is 0 Å². The van der Waals surface area contributed by atoms with Crippen LogP contribution in [0.2, 0.25) is 0 Å². The van der Waals surface area contributed by atoms with Crippen molar-refractivity contribution in [3.05, 3.63) is 46.5 Å². The van der Waals surface area contributed by atoms with Crippen molar-refractivity contribution in [1.29, 1.82) is 0 Å². The molecule has 0 fully saturated rings. The molecule has 0 radical (unpaired) electrons. The Labute approximate surface area is 137 Å². The number of nitrogens with one attached hydrogen (secondary N) is 1. The van der Waals surface area contributed by atoms with Gasteiger partial charge in [0.05, 0.1) is 11.5 Å². The summed E-state index contributed by atoms with van der Waals surface area (Å²) in [5.41, 5.74) is 0.00832. The highest BCUT2D eigenvalue weighted by molar-refractivity contribution is 5.97. The molecule has 0 aromatic heterocycles. The fourth-order valence-corrected chi connectivity index (χ4v) is 1.53. The number of esters is 2. The van der Waals surface area contributed by atoms with Crippen molar-refractivity contribution < 1.29 is 28.8 Å². The zero-order chi connectivity index (χ0) is 18.1. The highest BCUT2D eigenvalue weighted by atomic mass is 16.6. The number of benzene rings is 1. The molecule has 1 amide bonds. The van der Waals surface area contributed by atoms with Crippen LogP contribution in [0.1, 0.15) is 13.8 Å². The molecule has 128 valence electrons. The van der Waals surface area contributed by atoms with E-state index in [1.165, 1.54) is 31.2 Å². The van der Waals surface area contributed by atoms with Crippen LogP contribution in [0, 0.1) is 10.1 Å². The number of rotatable bonds is 7. The summed E-state index contributed by atoms with van der Waals surface area (Å²) < 4.78 is 9.40. The van der Waals surface area contributed by atoms with Crippen LogP contribution in [0.15, 0.2) is 36.4 Å². The Balaban J connectivity index is 2.59. The van der Waals surface area contributed by atoms with E-state index in [-0.39, 0.29) is 18.0 Å². The zero-order valence-electron chi connectivity index (χ0n) is 13.1. The summed E-state index contributed by atoms with van der Waals surface area (Å²) in [7, 11) is 0. The normalized spacial score (nSPS) is 11.6. The first-order valence-corrected chi connectivity index (χ1v) is 6.94. The quantitative estimate of drug-likeness (QED) is 0.347. The van der Waals surface area contributed by atoms with Crippen LogP contribution < -0.4 is 5.32 Å². The van der Waals surface area contributed by atoms with Gasteiger partial charge >= 0.3 is 11.9 Å².